The third-order valence-corrected chi connectivity index (χ3v) is 5.43. The van der Waals surface area contributed by atoms with Gasteiger partial charge in [0.05, 0.1) is 30.5 Å². The maximum absolute atomic E-state index is 13.3. The van der Waals surface area contributed by atoms with E-state index >= 15 is 0 Å². The van der Waals surface area contributed by atoms with E-state index in [1.54, 1.807) is 14.0 Å². The first-order valence-electron chi connectivity index (χ1n) is 10.3. The van der Waals surface area contributed by atoms with E-state index < -0.39 is 5.92 Å². The lowest BCUT2D eigenvalue weighted by molar-refractivity contribution is -0.562. The van der Waals surface area contributed by atoms with Gasteiger partial charge in [0, 0.05) is 18.4 Å². The number of ether oxygens (including phenoxy) is 1. The molecule has 29 heavy (non-hydrogen) atoms. The summed E-state index contributed by atoms with van der Waals surface area (Å²) in [6.07, 6.45) is 4.27. The van der Waals surface area contributed by atoms with Crippen LogP contribution in [0.15, 0.2) is 18.2 Å². The summed E-state index contributed by atoms with van der Waals surface area (Å²) in [6, 6.07) is 7.79. The zero-order chi connectivity index (χ0) is 21.4. The predicted molar refractivity (Wildman–Crippen MR) is 109 cm³/mol. The number of ketones is 1. The number of esters is 1. The molecule has 0 fully saturated rings. The Balaban J connectivity index is 2.21. The standard InChI is InChI=1S/C22H30N3O4/c1-4-29-21(26)13-16(2)19-15-25(28)24(3)20-11-10-17(14-18(20)22(19)27)9-7-5-6-8-12-23/h10-11,14,16,19H,4-9,13,15H2,1-3H3/q+1. The molecule has 0 saturated heterocycles. The smallest absolute Gasteiger partial charge is 0.306 e. The second-order valence-corrected chi connectivity index (χ2v) is 7.59. The number of carbonyl (C=O) groups is 2. The number of anilines is 1. The molecule has 1 heterocycles. The van der Waals surface area contributed by atoms with E-state index in [1.165, 1.54) is 5.01 Å². The second-order valence-electron chi connectivity index (χ2n) is 7.59. The quantitative estimate of drug-likeness (QED) is 0.355. The number of nitriles is 1. The van der Waals surface area contributed by atoms with Gasteiger partial charge in [-0.2, -0.15) is 5.26 Å². The molecule has 0 amide bonds. The molecule has 0 N–H and O–H groups in total. The van der Waals surface area contributed by atoms with Crippen LogP contribution in [-0.4, -0.2) is 36.8 Å². The van der Waals surface area contributed by atoms with Gasteiger partial charge in [-0.05, 0) is 49.8 Å². The van der Waals surface area contributed by atoms with Crippen LogP contribution in [0.25, 0.3) is 0 Å². The first kappa shape index (κ1) is 22.5. The van der Waals surface area contributed by atoms with E-state index in [1.807, 2.05) is 25.1 Å². The molecular weight excluding hydrogens is 370 g/mol. The van der Waals surface area contributed by atoms with Crippen LogP contribution in [-0.2, 0) is 16.0 Å². The molecule has 0 spiro atoms. The highest BCUT2D eigenvalue weighted by molar-refractivity contribution is 6.03. The molecule has 156 valence electrons. The van der Waals surface area contributed by atoms with Gasteiger partial charge in [-0.1, -0.05) is 19.4 Å². The highest BCUT2D eigenvalue weighted by Gasteiger charge is 2.40. The van der Waals surface area contributed by atoms with Crippen molar-refractivity contribution in [1.29, 1.82) is 5.26 Å². The number of hydrazine groups is 1. The molecule has 7 nitrogen and oxygen atoms in total. The minimum absolute atomic E-state index is 0.00801. The van der Waals surface area contributed by atoms with E-state index in [4.69, 9.17) is 10.00 Å². The maximum Gasteiger partial charge on any atom is 0.306 e. The predicted octanol–water partition coefficient (Wildman–Crippen LogP) is 3.84. The van der Waals surface area contributed by atoms with E-state index in [2.05, 4.69) is 6.07 Å². The molecule has 1 aliphatic rings. The lowest BCUT2D eigenvalue weighted by Gasteiger charge is -2.17. The largest absolute Gasteiger partial charge is 0.466 e. The Morgan fingerprint density at radius 2 is 2.14 bits per heavy atom. The molecule has 0 radical (unpaired) electrons. The van der Waals surface area contributed by atoms with Gasteiger partial charge >= 0.3 is 5.97 Å². The third-order valence-electron chi connectivity index (χ3n) is 5.43. The highest BCUT2D eigenvalue weighted by Crippen LogP contribution is 2.32. The minimum atomic E-state index is -0.577. The van der Waals surface area contributed by atoms with Crippen LogP contribution >= 0.6 is 0 Å². The van der Waals surface area contributed by atoms with E-state index in [-0.39, 0.29) is 30.6 Å². The van der Waals surface area contributed by atoms with Gasteiger partial charge in [0.25, 0.3) is 0 Å². The molecule has 1 aromatic carbocycles. The van der Waals surface area contributed by atoms with Crippen LogP contribution in [0.3, 0.4) is 0 Å². The molecule has 1 aliphatic heterocycles. The van der Waals surface area contributed by atoms with Gasteiger partial charge in [-0.3, -0.25) is 9.59 Å². The van der Waals surface area contributed by atoms with Crippen LogP contribution in [0.5, 0.6) is 0 Å². The van der Waals surface area contributed by atoms with Crippen molar-refractivity contribution in [2.45, 2.75) is 52.4 Å². The molecule has 2 unspecified atom stereocenters. The molecule has 7 heteroatoms. The van der Waals surface area contributed by atoms with Crippen molar-refractivity contribution in [3.63, 3.8) is 0 Å². The van der Waals surface area contributed by atoms with Crippen molar-refractivity contribution in [2.24, 2.45) is 11.8 Å². The maximum atomic E-state index is 13.3. The van der Waals surface area contributed by atoms with Crippen LogP contribution in [0.4, 0.5) is 5.69 Å². The van der Waals surface area contributed by atoms with Crippen molar-refractivity contribution in [1.82, 2.24) is 0 Å². The SMILES string of the molecule is CCOC(=O)CC(C)C1C[N+](=O)N(C)c2ccc(CCCCCC#N)cc2C1=O. The Kier molecular flexibility index (Phi) is 8.32. The van der Waals surface area contributed by atoms with Gasteiger partial charge in [0.2, 0.25) is 6.54 Å². The Labute approximate surface area is 172 Å². The Morgan fingerprint density at radius 3 is 2.83 bits per heavy atom. The van der Waals surface area contributed by atoms with E-state index in [0.717, 1.165) is 36.1 Å². The number of unbranched alkanes of at least 4 members (excludes halogenated alkanes) is 3. The van der Waals surface area contributed by atoms with Crippen molar-refractivity contribution >= 4 is 17.4 Å². The molecule has 2 atom stereocenters. The zero-order valence-corrected chi connectivity index (χ0v) is 17.5. The molecule has 0 saturated carbocycles. The van der Waals surface area contributed by atoms with Gasteiger partial charge in [0.15, 0.2) is 5.78 Å². The molecule has 0 bridgehead atoms. The average Bonchev–Trinajstić information content (AvgIpc) is 2.78. The van der Waals surface area contributed by atoms with Crippen LogP contribution < -0.4 is 5.01 Å². The summed E-state index contributed by atoms with van der Waals surface area (Å²) < 4.78 is 5.01. The summed E-state index contributed by atoms with van der Waals surface area (Å²) in [7, 11) is 1.65. The Bertz CT molecular complexity index is 800. The summed E-state index contributed by atoms with van der Waals surface area (Å²) in [5.41, 5.74) is 2.16. The number of benzene rings is 1. The lowest BCUT2D eigenvalue weighted by Crippen LogP contribution is -2.35. The second kappa shape index (κ2) is 10.7. The number of rotatable bonds is 9. The number of fused-ring (bicyclic) bond motifs is 1. The molecule has 0 aromatic heterocycles. The molecule has 1 aromatic rings. The average molecular weight is 400 g/mol. The summed E-state index contributed by atoms with van der Waals surface area (Å²) >= 11 is 0. The molecular formula is C22H30N3O4+. The van der Waals surface area contributed by atoms with Crippen LogP contribution in [0.2, 0.25) is 0 Å². The number of hydrogen-bond acceptors (Lipinski definition) is 5. The fourth-order valence-electron chi connectivity index (χ4n) is 3.69. The molecule has 2 rings (SSSR count). The monoisotopic (exact) mass is 400 g/mol. The van der Waals surface area contributed by atoms with Gasteiger partial charge < -0.3 is 4.74 Å². The van der Waals surface area contributed by atoms with Crippen molar-refractivity contribution in [3.05, 3.63) is 34.2 Å². The van der Waals surface area contributed by atoms with Crippen LogP contribution in [0.1, 0.15) is 61.9 Å². The summed E-state index contributed by atoms with van der Waals surface area (Å²) in [5.74, 6) is -1.33. The fourth-order valence-corrected chi connectivity index (χ4v) is 3.69. The minimum Gasteiger partial charge on any atom is -0.466 e. The van der Waals surface area contributed by atoms with E-state index in [0.29, 0.717) is 24.3 Å². The van der Waals surface area contributed by atoms with Crippen molar-refractivity contribution < 1.29 is 19.2 Å². The number of Topliss-reactive ketones (excluding diaryl/α,β-unsaturated/α-hetero) is 1. The Hall–Kier alpha value is -2.75. The zero-order valence-electron chi connectivity index (χ0n) is 17.5. The Morgan fingerprint density at radius 1 is 1.38 bits per heavy atom. The summed E-state index contributed by atoms with van der Waals surface area (Å²) in [4.78, 5) is 38.5. The van der Waals surface area contributed by atoms with E-state index in [9.17, 15) is 14.5 Å². The number of nitrogens with zero attached hydrogens (tertiary/aromatic N) is 3. The summed E-state index contributed by atoms with van der Waals surface area (Å²) in [5, 5.41) is 10.1. The topological polar surface area (TPSA) is 90.5 Å². The number of carbonyl (C=O) groups excluding carboxylic acids is 2. The van der Waals surface area contributed by atoms with Gasteiger partial charge in [0.1, 0.15) is 10.6 Å². The highest BCUT2D eigenvalue weighted by atomic mass is 16.5. The van der Waals surface area contributed by atoms with Gasteiger partial charge in [-0.15, -0.1) is 5.01 Å². The third kappa shape index (κ3) is 5.86. The molecule has 0 aliphatic carbocycles. The van der Waals surface area contributed by atoms with Gasteiger partial charge in [-0.25, -0.2) is 0 Å². The number of aryl methyl sites for hydroxylation is 1. The lowest BCUT2D eigenvalue weighted by atomic mass is 9.84. The van der Waals surface area contributed by atoms with Crippen molar-refractivity contribution in [3.8, 4) is 6.07 Å². The normalized spacial score (nSPS) is 17.3. The summed E-state index contributed by atoms with van der Waals surface area (Å²) in [6.45, 7) is 3.86. The number of nitroso groups, excluding NO2 is 1. The van der Waals surface area contributed by atoms with Crippen LogP contribution in [0, 0.1) is 28.1 Å². The number of hydrogen-bond donors (Lipinski definition) is 0. The first-order valence-corrected chi connectivity index (χ1v) is 10.3. The van der Waals surface area contributed by atoms with Crippen molar-refractivity contribution in [2.75, 3.05) is 25.2 Å². The fraction of sp³-hybridized carbons (Fsp3) is 0.591. The first-order chi connectivity index (χ1) is 13.9.